The highest BCUT2D eigenvalue weighted by Gasteiger charge is 2.66. The molecule has 1 aliphatic rings. The van der Waals surface area contributed by atoms with Crippen LogP contribution < -0.4 is 0 Å². The van der Waals surface area contributed by atoms with Crippen LogP contribution in [0.1, 0.15) is 51.0 Å². The summed E-state index contributed by atoms with van der Waals surface area (Å²) in [6, 6.07) is 8.89. The van der Waals surface area contributed by atoms with E-state index in [1.54, 1.807) is 37.3 Å². The first-order chi connectivity index (χ1) is 12.3. The summed E-state index contributed by atoms with van der Waals surface area (Å²) in [5.74, 6) is -4.98. The van der Waals surface area contributed by atoms with Crippen molar-refractivity contribution in [3.63, 3.8) is 0 Å². The van der Waals surface area contributed by atoms with Crippen LogP contribution in [0.15, 0.2) is 30.3 Å². The Bertz CT molecular complexity index is 670. The summed E-state index contributed by atoms with van der Waals surface area (Å²) >= 11 is 0. The third-order valence-corrected chi connectivity index (χ3v) is 5.89. The molecule has 142 valence electrons. The summed E-state index contributed by atoms with van der Waals surface area (Å²) in [5.41, 5.74) is -2.76. The number of benzene rings is 1. The normalized spacial score (nSPS) is 26.8. The van der Waals surface area contributed by atoms with Crippen molar-refractivity contribution in [3.8, 4) is 0 Å². The molecule has 0 spiro atoms. The molecule has 3 unspecified atom stereocenters. The largest absolute Gasteiger partial charge is 0.481 e. The number of carboxylic acids is 3. The molecule has 0 radical (unpaired) electrons. The van der Waals surface area contributed by atoms with E-state index in [-0.39, 0.29) is 25.7 Å². The Morgan fingerprint density at radius 2 is 1.62 bits per heavy atom. The van der Waals surface area contributed by atoms with Gasteiger partial charge in [0.2, 0.25) is 0 Å². The maximum absolute atomic E-state index is 12.5. The van der Waals surface area contributed by atoms with Gasteiger partial charge in [0.1, 0.15) is 0 Å². The monoisotopic (exact) mass is 362 g/mol. The van der Waals surface area contributed by atoms with Crippen LogP contribution >= 0.6 is 0 Å². The molecule has 1 aromatic carbocycles. The van der Waals surface area contributed by atoms with Gasteiger partial charge in [-0.2, -0.15) is 0 Å². The summed E-state index contributed by atoms with van der Waals surface area (Å²) in [6.45, 7) is 1.79. The SMILES string of the molecule is CCCC(C(=O)O)C1(C(=O)O)CCCCC1(Cc1ccccc1)C(=O)O. The second-order valence-electron chi connectivity index (χ2n) is 7.21. The molecule has 0 aromatic heterocycles. The van der Waals surface area contributed by atoms with E-state index in [1.807, 2.05) is 0 Å². The summed E-state index contributed by atoms with van der Waals surface area (Å²) in [5, 5.41) is 30.1. The zero-order valence-electron chi connectivity index (χ0n) is 15.0. The second-order valence-corrected chi connectivity index (χ2v) is 7.21. The van der Waals surface area contributed by atoms with Crippen LogP contribution in [0.25, 0.3) is 0 Å². The minimum absolute atomic E-state index is 0.0168. The fraction of sp³-hybridized carbons (Fsp3) is 0.550. The first-order valence-electron chi connectivity index (χ1n) is 9.05. The number of hydrogen-bond donors (Lipinski definition) is 3. The van der Waals surface area contributed by atoms with E-state index in [9.17, 15) is 29.7 Å². The molecule has 0 heterocycles. The van der Waals surface area contributed by atoms with E-state index < -0.39 is 34.7 Å². The van der Waals surface area contributed by atoms with Gasteiger partial charge in [-0.15, -0.1) is 0 Å². The van der Waals surface area contributed by atoms with Crippen molar-refractivity contribution in [2.45, 2.75) is 51.9 Å². The van der Waals surface area contributed by atoms with E-state index in [0.29, 0.717) is 24.8 Å². The lowest BCUT2D eigenvalue weighted by molar-refractivity contribution is -0.193. The third-order valence-electron chi connectivity index (χ3n) is 5.89. The van der Waals surface area contributed by atoms with E-state index in [1.165, 1.54) is 0 Å². The Labute approximate surface area is 152 Å². The van der Waals surface area contributed by atoms with Crippen molar-refractivity contribution in [2.75, 3.05) is 0 Å². The second kappa shape index (κ2) is 7.89. The molecule has 1 aliphatic carbocycles. The van der Waals surface area contributed by atoms with Crippen LogP contribution in [0.4, 0.5) is 0 Å². The van der Waals surface area contributed by atoms with E-state index in [4.69, 9.17) is 0 Å². The van der Waals surface area contributed by atoms with Gasteiger partial charge in [-0.3, -0.25) is 14.4 Å². The summed E-state index contributed by atoms with van der Waals surface area (Å²) in [7, 11) is 0. The molecule has 3 atom stereocenters. The standard InChI is InChI=1S/C20H26O6/c1-2-8-15(16(21)22)20(18(25)26)12-7-6-11-19(20,17(23)24)13-14-9-4-3-5-10-14/h3-5,9-10,15H,2,6-8,11-13H2,1H3,(H,21,22)(H,23,24)(H,25,26). The van der Waals surface area contributed by atoms with Gasteiger partial charge in [0.15, 0.2) is 0 Å². The smallest absolute Gasteiger partial charge is 0.311 e. The lowest BCUT2D eigenvalue weighted by Crippen LogP contribution is -2.60. The molecule has 6 heteroatoms. The Kier molecular flexibility index (Phi) is 6.05. The molecule has 6 nitrogen and oxygen atoms in total. The lowest BCUT2D eigenvalue weighted by Gasteiger charge is -2.51. The predicted octanol–water partition coefficient (Wildman–Crippen LogP) is 3.45. The molecule has 3 N–H and O–H groups in total. The Morgan fingerprint density at radius 3 is 2.12 bits per heavy atom. The molecule has 0 bridgehead atoms. The molecule has 0 aliphatic heterocycles. The first-order valence-corrected chi connectivity index (χ1v) is 9.05. The molecule has 1 saturated carbocycles. The number of hydrogen-bond acceptors (Lipinski definition) is 3. The average Bonchev–Trinajstić information content (AvgIpc) is 2.60. The zero-order chi connectivity index (χ0) is 19.4. The molecule has 0 saturated heterocycles. The molecule has 1 fully saturated rings. The minimum Gasteiger partial charge on any atom is -0.481 e. The Hall–Kier alpha value is -2.37. The molecule has 26 heavy (non-hydrogen) atoms. The molecule has 0 amide bonds. The van der Waals surface area contributed by atoms with Gasteiger partial charge in [-0.1, -0.05) is 56.5 Å². The van der Waals surface area contributed by atoms with Crippen molar-refractivity contribution >= 4 is 17.9 Å². The van der Waals surface area contributed by atoms with Gasteiger partial charge in [0, 0.05) is 0 Å². The lowest BCUT2D eigenvalue weighted by atomic mass is 9.48. The van der Waals surface area contributed by atoms with Crippen LogP contribution in [0.5, 0.6) is 0 Å². The summed E-state index contributed by atoms with van der Waals surface area (Å²) in [6.07, 6.45) is 1.97. The van der Waals surface area contributed by atoms with Crippen LogP contribution in [0.2, 0.25) is 0 Å². The van der Waals surface area contributed by atoms with Crippen molar-refractivity contribution in [2.24, 2.45) is 16.7 Å². The topological polar surface area (TPSA) is 112 Å². The molecular formula is C20H26O6. The fourth-order valence-corrected chi connectivity index (χ4v) is 4.69. The number of carboxylic acid groups (broad SMARTS) is 3. The highest BCUT2D eigenvalue weighted by Crippen LogP contribution is 2.58. The Balaban J connectivity index is 2.69. The number of aliphatic carboxylic acids is 3. The van der Waals surface area contributed by atoms with Crippen molar-refractivity contribution in [1.29, 1.82) is 0 Å². The molecule has 2 rings (SSSR count). The van der Waals surface area contributed by atoms with Crippen molar-refractivity contribution in [3.05, 3.63) is 35.9 Å². The number of rotatable bonds is 8. The summed E-state index contributed by atoms with van der Waals surface area (Å²) < 4.78 is 0. The van der Waals surface area contributed by atoms with E-state index in [2.05, 4.69) is 0 Å². The van der Waals surface area contributed by atoms with Crippen LogP contribution in [0.3, 0.4) is 0 Å². The highest BCUT2D eigenvalue weighted by atomic mass is 16.4. The average molecular weight is 362 g/mol. The first kappa shape index (κ1) is 19.9. The van der Waals surface area contributed by atoms with Crippen LogP contribution in [-0.4, -0.2) is 33.2 Å². The van der Waals surface area contributed by atoms with Crippen molar-refractivity contribution in [1.82, 2.24) is 0 Å². The number of carbonyl (C=O) groups is 3. The zero-order valence-corrected chi connectivity index (χ0v) is 15.0. The molecule has 1 aromatic rings. The molecular weight excluding hydrogens is 336 g/mol. The van der Waals surface area contributed by atoms with Gasteiger partial charge in [-0.25, -0.2) is 0 Å². The fourth-order valence-electron chi connectivity index (χ4n) is 4.69. The van der Waals surface area contributed by atoms with E-state index in [0.717, 1.165) is 0 Å². The maximum Gasteiger partial charge on any atom is 0.311 e. The van der Waals surface area contributed by atoms with Crippen LogP contribution in [0, 0.1) is 16.7 Å². The predicted molar refractivity (Wildman–Crippen MR) is 94.8 cm³/mol. The third kappa shape index (κ3) is 3.20. The van der Waals surface area contributed by atoms with Gasteiger partial charge < -0.3 is 15.3 Å². The Morgan fingerprint density at radius 1 is 1.00 bits per heavy atom. The highest BCUT2D eigenvalue weighted by molar-refractivity contribution is 5.91. The summed E-state index contributed by atoms with van der Waals surface area (Å²) in [4.78, 5) is 37.0. The maximum atomic E-state index is 12.5. The van der Waals surface area contributed by atoms with Crippen molar-refractivity contribution < 1.29 is 29.7 Å². The quantitative estimate of drug-likeness (QED) is 0.653. The van der Waals surface area contributed by atoms with E-state index >= 15 is 0 Å². The van der Waals surface area contributed by atoms with Gasteiger partial charge in [0.25, 0.3) is 0 Å². The van der Waals surface area contributed by atoms with Gasteiger partial charge in [-0.05, 0) is 31.2 Å². The van der Waals surface area contributed by atoms with Gasteiger partial charge in [0.05, 0.1) is 16.7 Å². The van der Waals surface area contributed by atoms with Gasteiger partial charge >= 0.3 is 17.9 Å². The van der Waals surface area contributed by atoms with Crippen LogP contribution in [-0.2, 0) is 20.8 Å². The minimum atomic E-state index is -1.82.